The van der Waals surface area contributed by atoms with Crippen LogP contribution in [-0.2, 0) is 35.2 Å². The van der Waals surface area contributed by atoms with Crippen molar-refractivity contribution < 1.29 is 38.2 Å². The maximum Gasteiger partial charge on any atom is 0.408 e. The lowest BCUT2D eigenvalue weighted by molar-refractivity contribution is -0.152. The second-order valence-electron chi connectivity index (χ2n) is 8.35. The Morgan fingerprint density at radius 3 is 2.18 bits per heavy atom. The van der Waals surface area contributed by atoms with Crippen LogP contribution >= 0.6 is 0 Å². The zero-order valence-corrected chi connectivity index (χ0v) is 20.2. The summed E-state index contributed by atoms with van der Waals surface area (Å²) in [5.74, 6) is -1.67. The topological polar surface area (TPSA) is 140 Å². The molecule has 2 N–H and O–H groups in total. The molecule has 1 atom stereocenters. The first kappa shape index (κ1) is 28.4. The summed E-state index contributed by atoms with van der Waals surface area (Å²) >= 11 is 0. The van der Waals surface area contributed by atoms with Crippen LogP contribution in [0.25, 0.3) is 0 Å². The van der Waals surface area contributed by atoms with Crippen LogP contribution in [0.5, 0.6) is 0 Å². The molecular formula is C23H33N3O8. The predicted molar refractivity (Wildman–Crippen MR) is 122 cm³/mol. The van der Waals surface area contributed by atoms with E-state index in [2.05, 4.69) is 15.4 Å². The fourth-order valence-corrected chi connectivity index (χ4v) is 2.67. The van der Waals surface area contributed by atoms with E-state index in [9.17, 15) is 24.0 Å². The molecule has 1 aromatic carbocycles. The van der Waals surface area contributed by atoms with Gasteiger partial charge in [0.15, 0.2) is 5.78 Å². The number of hydrogen-bond acceptors (Lipinski definition) is 8. The van der Waals surface area contributed by atoms with Crippen LogP contribution in [0, 0.1) is 0 Å². The molecule has 0 aliphatic carbocycles. The van der Waals surface area contributed by atoms with E-state index in [0.717, 1.165) is 10.5 Å². The van der Waals surface area contributed by atoms with E-state index in [-0.39, 0.29) is 31.9 Å². The summed E-state index contributed by atoms with van der Waals surface area (Å²) in [6, 6.07) is 8.01. The van der Waals surface area contributed by atoms with Crippen molar-refractivity contribution in [3.8, 4) is 0 Å². The van der Waals surface area contributed by atoms with Gasteiger partial charge in [-0.2, -0.15) is 0 Å². The van der Waals surface area contributed by atoms with Gasteiger partial charge in [-0.1, -0.05) is 30.3 Å². The molecule has 0 saturated heterocycles. The van der Waals surface area contributed by atoms with Crippen molar-refractivity contribution in [2.24, 2.45) is 0 Å². The summed E-state index contributed by atoms with van der Waals surface area (Å²) in [5, 5.41) is 4.67. The number of ketones is 1. The average molecular weight is 480 g/mol. The van der Waals surface area contributed by atoms with E-state index in [0.29, 0.717) is 0 Å². The SMILES string of the molecule is COC(=O)[C@H](C)N(CCC(=O)CNC(=O)OC(C)(C)C)C(=O)CNC(=O)OCc1ccccc1. The molecule has 0 spiro atoms. The number of alkyl carbamates (subject to hydrolysis) is 2. The number of rotatable bonds is 11. The van der Waals surface area contributed by atoms with Gasteiger partial charge in [-0.15, -0.1) is 0 Å². The maximum absolute atomic E-state index is 12.7. The summed E-state index contributed by atoms with van der Waals surface area (Å²) in [7, 11) is 1.18. The van der Waals surface area contributed by atoms with Crippen molar-refractivity contribution in [2.45, 2.75) is 52.4 Å². The Morgan fingerprint density at radius 2 is 1.59 bits per heavy atom. The molecule has 0 aliphatic rings. The number of carbonyl (C=O) groups is 5. The summed E-state index contributed by atoms with van der Waals surface area (Å²) < 4.78 is 14.8. The zero-order chi connectivity index (χ0) is 25.7. The normalized spacial score (nSPS) is 11.6. The standard InChI is InChI=1S/C23H33N3O8/c1-16(20(29)32-5)26(12-11-18(27)13-24-22(31)34-23(2,3)4)19(28)14-25-21(30)33-15-17-9-7-6-8-10-17/h6-10,16H,11-15H2,1-5H3,(H,24,31)(H,25,30)/t16-/m0/s1. The zero-order valence-electron chi connectivity index (χ0n) is 20.2. The molecule has 0 fully saturated rings. The van der Waals surface area contributed by atoms with Crippen molar-refractivity contribution in [2.75, 3.05) is 26.7 Å². The number of esters is 1. The fourth-order valence-electron chi connectivity index (χ4n) is 2.67. The molecule has 0 aliphatic heterocycles. The van der Waals surface area contributed by atoms with Crippen molar-refractivity contribution in [3.63, 3.8) is 0 Å². The highest BCUT2D eigenvalue weighted by molar-refractivity contribution is 5.88. The van der Waals surface area contributed by atoms with E-state index in [1.54, 1.807) is 45.0 Å². The summed E-state index contributed by atoms with van der Waals surface area (Å²) in [4.78, 5) is 61.5. The van der Waals surface area contributed by atoms with E-state index in [4.69, 9.17) is 9.47 Å². The number of hydrogen-bond donors (Lipinski definition) is 2. The number of Topliss-reactive ketones (excluding diaryl/α,β-unsaturated/α-hetero) is 1. The molecule has 188 valence electrons. The van der Waals surface area contributed by atoms with Gasteiger partial charge in [0.25, 0.3) is 0 Å². The molecule has 34 heavy (non-hydrogen) atoms. The maximum atomic E-state index is 12.7. The largest absolute Gasteiger partial charge is 0.467 e. The lowest BCUT2D eigenvalue weighted by Crippen LogP contribution is -2.49. The van der Waals surface area contributed by atoms with Gasteiger partial charge < -0.3 is 29.7 Å². The average Bonchev–Trinajstić information content (AvgIpc) is 2.78. The number of amides is 3. The van der Waals surface area contributed by atoms with E-state index in [1.165, 1.54) is 14.0 Å². The number of carbonyl (C=O) groups excluding carboxylic acids is 5. The molecule has 0 heterocycles. The molecule has 1 aromatic rings. The highest BCUT2D eigenvalue weighted by Crippen LogP contribution is 2.07. The number of ether oxygens (including phenoxy) is 3. The minimum absolute atomic E-state index is 0.0301. The number of methoxy groups -OCH3 is 1. The van der Waals surface area contributed by atoms with Gasteiger partial charge in [0.05, 0.1) is 13.7 Å². The monoisotopic (exact) mass is 479 g/mol. The Balaban J connectivity index is 2.58. The smallest absolute Gasteiger partial charge is 0.408 e. The third-order valence-corrected chi connectivity index (χ3v) is 4.39. The van der Waals surface area contributed by atoms with Crippen LogP contribution in [0.2, 0.25) is 0 Å². The second-order valence-corrected chi connectivity index (χ2v) is 8.35. The van der Waals surface area contributed by atoms with Crippen molar-refractivity contribution in [1.29, 1.82) is 0 Å². The molecule has 11 heteroatoms. The van der Waals surface area contributed by atoms with Gasteiger partial charge in [0.1, 0.15) is 24.8 Å². The second kappa shape index (κ2) is 13.8. The highest BCUT2D eigenvalue weighted by atomic mass is 16.6. The predicted octanol–water partition coefficient (Wildman–Crippen LogP) is 1.79. The van der Waals surface area contributed by atoms with Crippen LogP contribution in [0.3, 0.4) is 0 Å². The Kier molecular flexibility index (Phi) is 11.5. The van der Waals surface area contributed by atoms with Gasteiger partial charge in [0, 0.05) is 13.0 Å². The summed E-state index contributed by atoms with van der Waals surface area (Å²) in [5.41, 5.74) is 0.0741. The quantitative estimate of drug-likeness (QED) is 0.362. The summed E-state index contributed by atoms with van der Waals surface area (Å²) in [6.07, 6.45) is -1.68. The first-order chi connectivity index (χ1) is 15.9. The van der Waals surface area contributed by atoms with E-state index in [1.807, 2.05) is 6.07 Å². The van der Waals surface area contributed by atoms with Crippen LogP contribution in [-0.4, -0.2) is 73.1 Å². The third-order valence-electron chi connectivity index (χ3n) is 4.39. The molecule has 1 rings (SSSR count). The Bertz CT molecular complexity index is 852. The number of nitrogens with zero attached hydrogens (tertiary/aromatic N) is 1. The fraction of sp³-hybridized carbons (Fsp3) is 0.522. The Labute approximate surface area is 199 Å². The summed E-state index contributed by atoms with van der Waals surface area (Å²) in [6.45, 7) is 5.69. The van der Waals surface area contributed by atoms with Gasteiger partial charge in [0.2, 0.25) is 5.91 Å². The Morgan fingerprint density at radius 1 is 0.971 bits per heavy atom. The minimum atomic E-state index is -0.994. The van der Waals surface area contributed by atoms with E-state index < -0.39 is 42.3 Å². The molecule has 0 unspecified atom stereocenters. The van der Waals surface area contributed by atoms with Gasteiger partial charge in [-0.25, -0.2) is 14.4 Å². The minimum Gasteiger partial charge on any atom is -0.467 e. The van der Waals surface area contributed by atoms with Crippen LogP contribution in [0.1, 0.15) is 39.7 Å². The number of benzene rings is 1. The number of nitrogens with one attached hydrogen (secondary N) is 2. The molecule has 0 radical (unpaired) electrons. The van der Waals surface area contributed by atoms with Gasteiger partial charge in [-0.05, 0) is 33.3 Å². The van der Waals surface area contributed by atoms with Crippen molar-refractivity contribution in [3.05, 3.63) is 35.9 Å². The van der Waals surface area contributed by atoms with Crippen LogP contribution < -0.4 is 10.6 Å². The van der Waals surface area contributed by atoms with E-state index >= 15 is 0 Å². The molecule has 0 saturated carbocycles. The van der Waals surface area contributed by atoms with Gasteiger partial charge >= 0.3 is 18.2 Å². The van der Waals surface area contributed by atoms with Crippen LogP contribution in [0.15, 0.2) is 30.3 Å². The van der Waals surface area contributed by atoms with Crippen molar-refractivity contribution >= 4 is 29.8 Å². The molecule has 3 amide bonds. The van der Waals surface area contributed by atoms with Crippen LogP contribution in [0.4, 0.5) is 9.59 Å². The third kappa shape index (κ3) is 11.3. The molecule has 0 aromatic heterocycles. The molecule has 11 nitrogen and oxygen atoms in total. The first-order valence-corrected chi connectivity index (χ1v) is 10.7. The lowest BCUT2D eigenvalue weighted by atomic mass is 10.2. The van der Waals surface area contributed by atoms with Gasteiger partial charge in [-0.3, -0.25) is 9.59 Å². The molecular weight excluding hydrogens is 446 g/mol. The Hall–Kier alpha value is -3.63. The highest BCUT2D eigenvalue weighted by Gasteiger charge is 2.27. The molecule has 0 bridgehead atoms. The first-order valence-electron chi connectivity index (χ1n) is 10.7. The lowest BCUT2D eigenvalue weighted by Gasteiger charge is -2.27. The van der Waals surface area contributed by atoms with Crippen molar-refractivity contribution in [1.82, 2.24) is 15.5 Å².